The van der Waals surface area contributed by atoms with E-state index in [1.54, 1.807) is 30.2 Å². The van der Waals surface area contributed by atoms with E-state index < -0.39 is 10.0 Å². The Hall–Kier alpha value is -2.53. The van der Waals surface area contributed by atoms with Gasteiger partial charge in [-0.15, -0.1) is 0 Å². The Morgan fingerprint density at radius 2 is 1.83 bits per heavy atom. The second-order valence-corrected chi connectivity index (χ2v) is 9.93. The summed E-state index contributed by atoms with van der Waals surface area (Å²) in [6.45, 7) is 2.57. The molecule has 0 aliphatic carbocycles. The molecule has 1 aliphatic rings. The van der Waals surface area contributed by atoms with Gasteiger partial charge >= 0.3 is 6.03 Å². The van der Waals surface area contributed by atoms with Gasteiger partial charge in [0.25, 0.3) is 0 Å². The van der Waals surface area contributed by atoms with Gasteiger partial charge in [-0.1, -0.05) is 35.1 Å². The lowest BCUT2D eigenvalue weighted by atomic mass is 10.1. The topological polar surface area (TPSA) is 109 Å². The first-order chi connectivity index (χ1) is 14.2. The number of nitrogens with two attached hydrogens (primary N) is 1. The predicted molar refractivity (Wildman–Crippen MR) is 118 cm³/mol. The number of nitrogens with zero attached hydrogens (tertiary/aromatic N) is 4. The highest BCUT2D eigenvalue weighted by molar-refractivity contribution is 7.91. The van der Waals surface area contributed by atoms with Crippen LogP contribution in [0.2, 0.25) is 5.02 Å². The van der Waals surface area contributed by atoms with Gasteiger partial charge in [-0.05, 0) is 37.6 Å². The Morgan fingerprint density at radius 3 is 2.47 bits per heavy atom. The monoisotopic (exact) mass is 463 g/mol. The third kappa shape index (κ3) is 4.04. The third-order valence-corrected chi connectivity index (χ3v) is 7.62. The van der Waals surface area contributed by atoms with Crippen molar-refractivity contribution in [1.29, 1.82) is 0 Å². The number of rotatable bonds is 4. The summed E-state index contributed by atoms with van der Waals surface area (Å²) >= 11 is 6.94. The number of aromatic nitrogens is 2. The maximum atomic E-state index is 13.1. The van der Waals surface area contributed by atoms with Crippen LogP contribution >= 0.6 is 22.9 Å². The fourth-order valence-corrected chi connectivity index (χ4v) is 5.39. The molecule has 11 heteroatoms. The first-order valence-electron chi connectivity index (χ1n) is 9.05. The van der Waals surface area contributed by atoms with Crippen LogP contribution in [0.25, 0.3) is 11.3 Å². The molecular formula is C19H18ClN5O3S2. The maximum absolute atomic E-state index is 13.1. The van der Waals surface area contributed by atoms with Gasteiger partial charge in [-0.25, -0.2) is 23.3 Å². The molecule has 2 amide bonds. The normalized spacial score (nSPS) is 15.0. The SMILES string of the molecule is Cc1nc(N2CCCN(c3ccc(-c4cc(Cl)ccn4)cc3)C2=O)sc1S(N)(=O)=O. The smallest absolute Gasteiger partial charge is 0.294 e. The van der Waals surface area contributed by atoms with Crippen LogP contribution in [-0.2, 0) is 10.0 Å². The van der Waals surface area contributed by atoms with E-state index in [4.69, 9.17) is 16.7 Å². The largest absolute Gasteiger partial charge is 0.330 e. The maximum Gasteiger partial charge on any atom is 0.330 e. The summed E-state index contributed by atoms with van der Waals surface area (Å²) in [6, 6.07) is 10.7. The number of hydrogen-bond donors (Lipinski definition) is 1. The Balaban J connectivity index is 1.59. The number of urea groups is 1. The van der Waals surface area contributed by atoms with Crippen molar-refractivity contribution >= 4 is 49.8 Å². The molecule has 0 saturated carbocycles. The van der Waals surface area contributed by atoms with E-state index in [1.807, 2.05) is 24.3 Å². The number of aryl methyl sites for hydroxylation is 1. The Bertz CT molecular complexity index is 1210. The number of benzene rings is 1. The molecule has 30 heavy (non-hydrogen) atoms. The van der Waals surface area contributed by atoms with Gasteiger partial charge in [0.1, 0.15) is 0 Å². The molecule has 156 valence electrons. The average molecular weight is 464 g/mol. The molecule has 1 aromatic carbocycles. The molecular weight excluding hydrogens is 446 g/mol. The van der Waals surface area contributed by atoms with Crippen LogP contribution in [0, 0.1) is 6.92 Å². The van der Waals surface area contributed by atoms with Crippen molar-refractivity contribution in [3.05, 3.63) is 53.3 Å². The van der Waals surface area contributed by atoms with E-state index in [0.29, 0.717) is 35.4 Å². The fraction of sp³-hybridized carbons (Fsp3) is 0.211. The number of amides is 2. The second-order valence-electron chi connectivity index (χ2n) is 6.76. The van der Waals surface area contributed by atoms with Gasteiger partial charge in [-0.3, -0.25) is 14.8 Å². The van der Waals surface area contributed by atoms with Gasteiger partial charge in [0, 0.05) is 35.6 Å². The van der Waals surface area contributed by atoms with Crippen LogP contribution in [0.3, 0.4) is 0 Å². The summed E-state index contributed by atoms with van der Waals surface area (Å²) in [5.41, 5.74) is 2.65. The number of carbonyl (C=O) groups is 1. The third-order valence-electron chi connectivity index (χ3n) is 4.65. The fourth-order valence-electron chi connectivity index (χ4n) is 3.26. The Kier molecular flexibility index (Phi) is 5.49. The van der Waals surface area contributed by atoms with Crippen molar-refractivity contribution in [3.8, 4) is 11.3 Å². The van der Waals surface area contributed by atoms with Gasteiger partial charge in [0.05, 0.1) is 11.4 Å². The molecule has 8 nitrogen and oxygen atoms in total. The second kappa shape index (κ2) is 7.95. The van der Waals surface area contributed by atoms with Crippen LogP contribution in [0.4, 0.5) is 15.6 Å². The molecule has 3 aromatic rings. The molecule has 2 N–H and O–H groups in total. The Labute approximate surface area is 183 Å². The van der Waals surface area contributed by atoms with Crippen molar-refractivity contribution in [2.45, 2.75) is 17.6 Å². The highest BCUT2D eigenvalue weighted by Gasteiger charge is 2.31. The average Bonchev–Trinajstić information content (AvgIpc) is 3.10. The van der Waals surface area contributed by atoms with Crippen LogP contribution in [0.15, 0.2) is 46.8 Å². The highest BCUT2D eigenvalue weighted by Crippen LogP contribution is 2.32. The molecule has 1 aliphatic heterocycles. The molecule has 0 spiro atoms. The molecule has 1 saturated heterocycles. The highest BCUT2D eigenvalue weighted by atomic mass is 35.5. The zero-order chi connectivity index (χ0) is 21.5. The molecule has 0 atom stereocenters. The summed E-state index contributed by atoms with van der Waals surface area (Å²) < 4.78 is 23.4. The summed E-state index contributed by atoms with van der Waals surface area (Å²) in [4.78, 5) is 24.8. The van der Waals surface area contributed by atoms with E-state index in [2.05, 4.69) is 9.97 Å². The number of primary sulfonamides is 1. The number of thiazole rings is 1. The van der Waals surface area contributed by atoms with Crippen molar-refractivity contribution in [2.24, 2.45) is 5.14 Å². The summed E-state index contributed by atoms with van der Waals surface area (Å²) in [7, 11) is -3.88. The molecule has 0 radical (unpaired) electrons. The standard InChI is InChI=1S/C19H18ClN5O3S2/c1-12-17(30(21,27)28)29-18(23-12)25-10-2-9-24(19(25)26)15-5-3-13(4-6-15)16-11-14(20)7-8-22-16/h3-8,11H,2,9-10H2,1H3,(H2,21,27,28). The van der Waals surface area contributed by atoms with E-state index >= 15 is 0 Å². The predicted octanol–water partition coefficient (Wildman–Crippen LogP) is 3.65. The summed E-state index contributed by atoms with van der Waals surface area (Å²) in [6.07, 6.45) is 2.36. The number of carbonyl (C=O) groups excluding carboxylic acids is 1. The zero-order valence-electron chi connectivity index (χ0n) is 15.9. The van der Waals surface area contributed by atoms with E-state index in [9.17, 15) is 13.2 Å². The number of hydrogen-bond acceptors (Lipinski definition) is 6. The van der Waals surface area contributed by atoms with Crippen molar-refractivity contribution < 1.29 is 13.2 Å². The van der Waals surface area contributed by atoms with Gasteiger partial charge in [0.2, 0.25) is 10.0 Å². The molecule has 0 unspecified atom stereocenters. The summed E-state index contributed by atoms with van der Waals surface area (Å²) in [5.74, 6) is 0. The van der Waals surface area contributed by atoms with Crippen molar-refractivity contribution in [1.82, 2.24) is 9.97 Å². The molecule has 0 bridgehead atoms. The van der Waals surface area contributed by atoms with Crippen LogP contribution in [0.1, 0.15) is 12.1 Å². The lowest BCUT2D eigenvalue weighted by Crippen LogP contribution is -2.49. The molecule has 1 fully saturated rings. The molecule has 4 rings (SSSR count). The minimum absolute atomic E-state index is 0.0270. The van der Waals surface area contributed by atoms with Crippen molar-refractivity contribution in [3.63, 3.8) is 0 Å². The van der Waals surface area contributed by atoms with Crippen LogP contribution in [0.5, 0.6) is 0 Å². The minimum Gasteiger partial charge on any atom is -0.294 e. The first kappa shape index (κ1) is 20.7. The molecule has 3 heterocycles. The quantitative estimate of drug-likeness (QED) is 0.635. The van der Waals surface area contributed by atoms with Gasteiger partial charge < -0.3 is 0 Å². The minimum atomic E-state index is -3.88. The molecule has 2 aromatic heterocycles. The Morgan fingerprint density at radius 1 is 1.13 bits per heavy atom. The first-order valence-corrected chi connectivity index (χ1v) is 11.8. The van der Waals surface area contributed by atoms with E-state index in [0.717, 1.165) is 28.3 Å². The van der Waals surface area contributed by atoms with Crippen molar-refractivity contribution in [2.75, 3.05) is 22.9 Å². The summed E-state index contributed by atoms with van der Waals surface area (Å²) in [5, 5.41) is 6.17. The van der Waals surface area contributed by atoms with E-state index in [1.165, 1.54) is 4.90 Å². The van der Waals surface area contributed by atoms with Crippen LogP contribution < -0.4 is 14.9 Å². The lowest BCUT2D eigenvalue weighted by Gasteiger charge is -2.34. The number of pyridine rings is 1. The number of sulfonamides is 1. The number of anilines is 2. The van der Waals surface area contributed by atoms with Gasteiger partial charge in [0.15, 0.2) is 9.34 Å². The zero-order valence-corrected chi connectivity index (χ0v) is 18.3. The lowest BCUT2D eigenvalue weighted by molar-refractivity contribution is 0.248. The van der Waals surface area contributed by atoms with Gasteiger partial charge in [-0.2, -0.15) is 0 Å². The van der Waals surface area contributed by atoms with E-state index in [-0.39, 0.29) is 10.2 Å². The van der Waals surface area contributed by atoms with Crippen LogP contribution in [-0.4, -0.2) is 37.5 Å². The number of halogens is 1.